The van der Waals surface area contributed by atoms with Crippen molar-refractivity contribution >= 4 is 28.6 Å². The lowest BCUT2D eigenvalue weighted by molar-refractivity contribution is 0.0930. The number of para-hydroxylation sites is 1. The Morgan fingerprint density at radius 2 is 2.35 bits per heavy atom. The first-order valence-corrected chi connectivity index (χ1v) is 7.99. The third kappa shape index (κ3) is 3.31. The molecule has 0 atom stereocenters. The number of rotatable bonds is 6. The maximum absolute atomic E-state index is 12.2. The first-order chi connectivity index (χ1) is 11.2. The summed E-state index contributed by atoms with van der Waals surface area (Å²) in [5.74, 6) is 1.33. The summed E-state index contributed by atoms with van der Waals surface area (Å²) in [4.78, 5) is 12.2. The van der Waals surface area contributed by atoms with Crippen LogP contribution in [-0.4, -0.2) is 40.1 Å². The van der Waals surface area contributed by atoms with Gasteiger partial charge in [0.05, 0.1) is 7.11 Å². The lowest BCUT2D eigenvalue weighted by atomic mass is 10.2. The first kappa shape index (κ1) is 15.4. The minimum absolute atomic E-state index is 0.248. The van der Waals surface area contributed by atoms with Gasteiger partial charge in [-0.05, 0) is 12.1 Å². The van der Waals surface area contributed by atoms with E-state index in [4.69, 9.17) is 9.15 Å². The summed E-state index contributed by atoms with van der Waals surface area (Å²) >= 11 is 1.53. The van der Waals surface area contributed by atoms with E-state index in [1.807, 2.05) is 23.7 Å². The molecule has 0 aliphatic rings. The van der Waals surface area contributed by atoms with Gasteiger partial charge in [0.15, 0.2) is 22.2 Å². The van der Waals surface area contributed by atoms with Gasteiger partial charge in [0.2, 0.25) is 0 Å². The average Bonchev–Trinajstić information content (AvgIpc) is 3.17. The molecule has 0 saturated carbocycles. The molecule has 1 aromatic carbocycles. The lowest BCUT2D eigenvalue weighted by Gasteiger charge is -2.03. The van der Waals surface area contributed by atoms with Crippen LogP contribution in [0.25, 0.3) is 11.0 Å². The van der Waals surface area contributed by atoms with Gasteiger partial charge in [-0.25, -0.2) is 0 Å². The van der Waals surface area contributed by atoms with E-state index in [0.29, 0.717) is 23.6 Å². The number of nitrogens with zero attached hydrogens (tertiary/aromatic N) is 3. The molecule has 23 heavy (non-hydrogen) atoms. The van der Waals surface area contributed by atoms with E-state index in [0.717, 1.165) is 10.5 Å². The maximum Gasteiger partial charge on any atom is 0.287 e. The molecule has 8 heteroatoms. The van der Waals surface area contributed by atoms with Crippen molar-refractivity contribution in [1.82, 2.24) is 20.1 Å². The van der Waals surface area contributed by atoms with Crippen molar-refractivity contribution < 1.29 is 13.9 Å². The summed E-state index contributed by atoms with van der Waals surface area (Å²) in [5, 5.41) is 12.2. The Labute approximate surface area is 137 Å². The zero-order valence-corrected chi connectivity index (χ0v) is 13.6. The van der Waals surface area contributed by atoms with Crippen LogP contribution in [0.15, 0.2) is 40.2 Å². The number of nitrogens with one attached hydrogen (secondary N) is 1. The van der Waals surface area contributed by atoms with E-state index in [1.165, 1.54) is 11.8 Å². The predicted molar refractivity (Wildman–Crippen MR) is 86.8 cm³/mol. The molecule has 0 spiro atoms. The number of aryl methyl sites for hydroxylation is 1. The quantitative estimate of drug-likeness (QED) is 0.550. The van der Waals surface area contributed by atoms with Crippen LogP contribution < -0.4 is 10.1 Å². The number of carbonyl (C=O) groups excluding carboxylic acids is 1. The number of thioether (sulfide) groups is 1. The smallest absolute Gasteiger partial charge is 0.287 e. The van der Waals surface area contributed by atoms with Gasteiger partial charge in [0, 0.05) is 24.7 Å². The van der Waals surface area contributed by atoms with Gasteiger partial charge < -0.3 is 19.0 Å². The molecule has 2 aromatic heterocycles. The van der Waals surface area contributed by atoms with E-state index in [2.05, 4.69) is 15.5 Å². The Balaban J connectivity index is 1.59. The van der Waals surface area contributed by atoms with Crippen molar-refractivity contribution in [1.29, 1.82) is 0 Å². The number of carbonyl (C=O) groups is 1. The number of hydrogen-bond donors (Lipinski definition) is 1. The van der Waals surface area contributed by atoms with Gasteiger partial charge in [-0.3, -0.25) is 4.79 Å². The Bertz CT molecular complexity index is 827. The molecule has 0 aliphatic carbocycles. The molecule has 0 fully saturated rings. The van der Waals surface area contributed by atoms with Crippen LogP contribution in [0.1, 0.15) is 10.6 Å². The maximum atomic E-state index is 12.2. The summed E-state index contributed by atoms with van der Waals surface area (Å²) in [5.41, 5.74) is 0.577. The number of furan rings is 1. The van der Waals surface area contributed by atoms with Gasteiger partial charge >= 0.3 is 0 Å². The van der Waals surface area contributed by atoms with Crippen LogP contribution >= 0.6 is 11.8 Å². The van der Waals surface area contributed by atoms with E-state index < -0.39 is 0 Å². The highest BCUT2D eigenvalue weighted by atomic mass is 32.2. The second-order valence-corrected chi connectivity index (χ2v) is 5.88. The largest absolute Gasteiger partial charge is 0.493 e. The minimum Gasteiger partial charge on any atom is -0.493 e. The number of hydrogen-bond acceptors (Lipinski definition) is 6. The number of amides is 1. The third-order valence-corrected chi connectivity index (χ3v) is 4.28. The molecule has 0 unspecified atom stereocenters. The molecular weight excluding hydrogens is 316 g/mol. The number of aromatic nitrogens is 3. The number of benzene rings is 1. The lowest BCUT2D eigenvalue weighted by Crippen LogP contribution is -2.25. The first-order valence-electron chi connectivity index (χ1n) is 7.00. The van der Waals surface area contributed by atoms with Gasteiger partial charge in [0.25, 0.3) is 5.91 Å². The molecule has 0 bridgehead atoms. The highest BCUT2D eigenvalue weighted by Crippen LogP contribution is 2.28. The molecule has 3 aromatic rings. The Morgan fingerprint density at radius 1 is 1.48 bits per heavy atom. The predicted octanol–water partition coefficient (Wildman–Crippen LogP) is 2.09. The Hall–Kier alpha value is -2.48. The van der Waals surface area contributed by atoms with Crippen molar-refractivity contribution in [2.75, 3.05) is 19.4 Å². The molecule has 7 nitrogen and oxygen atoms in total. The van der Waals surface area contributed by atoms with Gasteiger partial charge in [-0.2, -0.15) is 0 Å². The van der Waals surface area contributed by atoms with Crippen LogP contribution in [0, 0.1) is 0 Å². The molecule has 1 amide bonds. The standard InChI is InChI=1S/C15H16N4O3S/c1-19-9-17-18-15(19)23-7-6-16-14(20)12-8-10-4-3-5-11(21-2)13(10)22-12/h3-5,8-9H,6-7H2,1-2H3,(H,16,20). The molecule has 1 N–H and O–H groups in total. The van der Waals surface area contributed by atoms with Gasteiger partial charge in [-0.1, -0.05) is 23.9 Å². The topological polar surface area (TPSA) is 82.2 Å². The number of ether oxygens (including phenoxy) is 1. The molecule has 120 valence electrons. The molecular formula is C15H16N4O3S. The van der Waals surface area contributed by atoms with Crippen molar-refractivity contribution in [3.05, 3.63) is 36.4 Å². The van der Waals surface area contributed by atoms with Crippen LogP contribution in [0.2, 0.25) is 0 Å². The second-order valence-electron chi connectivity index (χ2n) is 4.82. The highest BCUT2D eigenvalue weighted by molar-refractivity contribution is 7.99. The van der Waals surface area contributed by atoms with Crippen LogP contribution in [0.5, 0.6) is 5.75 Å². The van der Waals surface area contributed by atoms with Crippen LogP contribution in [-0.2, 0) is 7.05 Å². The average molecular weight is 332 g/mol. The fourth-order valence-electron chi connectivity index (χ4n) is 2.11. The Morgan fingerprint density at radius 3 is 3.09 bits per heavy atom. The molecule has 2 heterocycles. The highest BCUT2D eigenvalue weighted by Gasteiger charge is 2.14. The third-order valence-electron chi connectivity index (χ3n) is 3.24. The van der Waals surface area contributed by atoms with Crippen LogP contribution in [0.3, 0.4) is 0 Å². The normalized spacial score (nSPS) is 10.9. The fraction of sp³-hybridized carbons (Fsp3) is 0.267. The minimum atomic E-state index is -0.248. The van der Waals surface area contributed by atoms with Crippen molar-refractivity contribution in [2.24, 2.45) is 7.05 Å². The summed E-state index contributed by atoms with van der Waals surface area (Å²) in [6.07, 6.45) is 1.64. The zero-order chi connectivity index (χ0) is 16.2. The van der Waals surface area contributed by atoms with Crippen LogP contribution in [0.4, 0.5) is 0 Å². The summed E-state index contributed by atoms with van der Waals surface area (Å²) < 4.78 is 12.7. The Kier molecular flexibility index (Phi) is 4.52. The van der Waals surface area contributed by atoms with E-state index in [9.17, 15) is 4.79 Å². The monoisotopic (exact) mass is 332 g/mol. The van der Waals surface area contributed by atoms with Gasteiger partial charge in [0.1, 0.15) is 6.33 Å². The molecule has 0 aliphatic heterocycles. The summed E-state index contributed by atoms with van der Waals surface area (Å²) in [6, 6.07) is 7.24. The van der Waals surface area contributed by atoms with Gasteiger partial charge in [-0.15, -0.1) is 10.2 Å². The van der Waals surface area contributed by atoms with E-state index >= 15 is 0 Å². The van der Waals surface area contributed by atoms with E-state index in [1.54, 1.807) is 25.6 Å². The summed E-state index contributed by atoms with van der Waals surface area (Å²) in [6.45, 7) is 0.505. The summed E-state index contributed by atoms with van der Waals surface area (Å²) in [7, 11) is 3.45. The van der Waals surface area contributed by atoms with E-state index in [-0.39, 0.29) is 11.7 Å². The number of methoxy groups -OCH3 is 1. The molecule has 3 rings (SSSR count). The second kappa shape index (κ2) is 6.74. The SMILES string of the molecule is COc1cccc2cc(C(=O)NCCSc3nncn3C)oc12. The zero-order valence-electron chi connectivity index (χ0n) is 12.8. The van der Waals surface area contributed by atoms with Crippen molar-refractivity contribution in [3.8, 4) is 5.75 Å². The fourth-order valence-corrected chi connectivity index (χ4v) is 2.85. The number of fused-ring (bicyclic) bond motifs is 1. The molecule has 0 saturated heterocycles. The van der Waals surface area contributed by atoms with Crippen molar-refractivity contribution in [3.63, 3.8) is 0 Å². The van der Waals surface area contributed by atoms with Crippen molar-refractivity contribution in [2.45, 2.75) is 5.16 Å². The molecule has 0 radical (unpaired) electrons.